The van der Waals surface area contributed by atoms with Crippen molar-refractivity contribution >= 4 is 50.5 Å². The van der Waals surface area contributed by atoms with E-state index in [1.807, 2.05) is 42.5 Å². The van der Waals surface area contributed by atoms with Gasteiger partial charge in [-0.2, -0.15) is 0 Å². The van der Waals surface area contributed by atoms with E-state index in [1.165, 1.54) is 34.4 Å². The zero-order valence-electron chi connectivity index (χ0n) is 16.3. The van der Waals surface area contributed by atoms with Crippen LogP contribution in [0, 0.1) is 5.82 Å². The Hall–Kier alpha value is -3.22. The summed E-state index contributed by atoms with van der Waals surface area (Å²) in [6, 6.07) is 22.4. The summed E-state index contributed by atoms with van der Waals surface area (Å²) in [6.07, 6.45) is 0. The van der Waals surface area contributed by atoms with Gasteiger partial charge in [-0.05, 0) is 47.3 Å². The molecule has 0 bridgehead atoms. The summed E-state index contributed by atoms with van der Waals surface area (Å²) < 4.78 is 14.4. The topological polar surface area (TPSA) is 49.4 Å². The number of halogens is 2. The van der Waals surface area contributed by atoms with Gasteiger partial charge in [-0.25, -0.2) is 4.39 Å². The van der Waals surface area contributed by atoms with E-state index < -0.39 is 11.7 Å². The average Bonchev–Trinajstić information content (AvgIpc) is 3.18. The molecule has 0 aliphatic carbocycles. The maximum absolute atomic E-state index is 13.4. The van der Waals surface area contributed by atoms with E-state index in [0.717, 1.165) is 15.6 Å². The number of rotatable bonds is 6. The standard InChI is InChI=1S/C24H18ClFN2O2S/c25-20-10-3-1-7-17(20)14-28(15-23(29)27-19-9-5-8-18(26)13-19)24(30)22-12-16-6-2-4-11-21(16)31-22/h1-13H,14-15H2,(H,27,29). The van der Waals surface area contributed by atoms with Crippen LogP contribution in [0.25, 0.3) is 10.1 Å². The smallest absolute Gasteiger partial charge is 0.264 e. The lowest BCUT2D eigenvalue weighted by Gasteiger charge is -2.22. The minimum absolute atomic E-state index is 0.170. The second kappa shape index (κ2) is 9.29. The quantitative estimate of drug-likeness (QED) is 0.391. The summed E-state index contributed by atoms with van der Waals surface area (Å²) in [7, 11) is 0. The van der Waals surface area contributed by atoms with Crippen molar-refractivity contribution in [3.63, 3.8) is 0 Å². The largest absolute Gasteiger partial charge is 0.324 e. The lowest BCUT2D eigenvalue weighted by atomic mass is 10.2. The summed E-state index contributed by atoms with van der Waals surface area (Å²) in [6.45, 7) is -0.0296. The number of hydrogen-bond donors (Lipinski definition) is 1. The van der Waals surface area contributed by atoms with Crippen molar-refractivity contribution in [2.75, 3.05) is 11.9 Å². The van der Waals surface area contributed by atoms with Gasteiger partial charge >= 0.3 is 0 Å². The second-order valence-corrected chi connectivity index (χ2v) is 8.45. The monoisotopic (exact) mass is 452 g/mol. The zero-order valence-corrected chi connectivity index (χ0v) is 17.9. The molecule has 4 nitrogen and oxygen atoms in total. The van der Waals surface area contributed by atoms with E-state index >= 15 is 0 Å². The number of benzene rings is 3. The maximum Gasteiger partial charge on any atom is 0.264 e. The first-order valence-electron chi connectivity index (χ1n) is 9.56. The highest BCUT2D eigenvalue weighted by Crippen LogP contribution is 2.27. The molecule has 1 aromatic heterocycles. The highest BCUT2D eigenvalue weighted by atomic mass is 35.5. The number of amides is 2. The van der Waals surface area contributed by atoms with Crippen LogP contribution in [0.1, 0.15) is 15.2 Å². The third-order valence-corrected chi connectivity index (χ3v) is 6.16. The van der Waals surface area contributed by atoms with Crippen LogP contribution in [0.5, 0.6) is 0 Å². The molecule has 156 valence electrons. The number of nitrogens with one attached hydrogen (secondary N) is 1. The van der Waals surface area contributed by atoms with E-state index in [9.17, 15) is 14.0 Å². The predicted molar refractivity (Wildman–Crippen MR) is 123 cm³/mol. The molecular weight excluding hydrogens is 435 g/mol. The third-order valence-electron chi connectivity index (χ3n) is 4.69. The van der Waals surface area contributed by atoms with Crippen LogP contribution in [0.4, 0.5) is 10.1 Å². The average molecular weight is 453 g/mol. The molecule has 1 N–H and O–H groups in total. The fraction of sp³-hybridized carbons (Fsp3) is 0.0833. The Morgan fingerprint density at radius 3 is 2.52 bits per heavy atom. The van der Waals surface area contributed by atoms with Crippen LogP contribution in [0.3, 0.4) is 0 Å². The summed E-state index contributed by atoms with van der Waals surface area (Å²) in [4.78, 5) is 28.0. The Labute approximate surface area is 187 Å². The molecule has 0 saturated heterocycles. The van der Waals surface area contributed by atoms with Gasteiger partial charge in [0.25, 0.3) is 5.91 Å². The fourth-order valence-corrected chi connectivity index (χ4v) is 4.44. The van der Waals surface area contributed by atoms with Crippen molar-refractivity contribution in [3.8, 4) is 0 Å². The van der Waals surface area contributed by atoms with E-state index in [-0.39, 0.29) is 19.0 Å². The number of carbonyl (C=O) groups is 2. The Morgan fingerprint density at radius 2 is 1.74 bits per heavy atom. The number of carbonyl (C=O) groups excluding carboxylic acids is 2. The van der Waals surface area contributed by atoms with Gasteiger partial charge in [-0.1, -0.05) is 54.1 Å². The van der Waals surface area contributed by atoms with Crippen LogP contribution in [-0.2, 0) is 11.3 Å². The van der Waals surface area contributed by atoms with Gasteiger partial charge in [0.2, 0.25) is 5.91 Å². The van der Waals surface area contributed by atoms with Gasteiger partial charge in [0, 0.05) is 22.0 Å². The summed E-state index contributed by atoms with van der Waals surface area (Å²) in [5.41, 5.74) is 1.06. The van der Waals surface area contributed by atoms with E-state index in [4.69, 9.17) is 11.6 Å². The summed E-state index contributed by atoms with van der Waals surface area (Å²) in [5, 5.41) is 4.13. The molecule has 3 aromatic carbocycles. The molecule has 0 spiro atoms. The Morgan fingerprint density at radius 1 is 0.968 bits per heavy atom. The molecule has 4 rings (SSSR count). The molecule has 31 heavy (non-hydrogen) atoms. The second-order valence-electron chi connectivity index (χ2n) is 6.96. The first-order chi connectivity index (χ1) is 15.0. The van der Waals surface area contributed by atoms with Crippen molar-refractivity contribution in [3.05, 3.63) is 100 Å². The number of thiophene rings is 1. The zero-order chi connectivity index (χ0) is 21.8. The highest BCUT2D eigenvalue weighted by molar-refractivity contribution is 7.20. The van der Waals surface area contributed by atoms with Gasteiger partial charge in [0.05, 0.1) is 4.88 Å². The van der Waals surface area contributed by atoms with Crippen molar-refractivity contribution in [1.29, 1.82) is 0 Å². The molecular formula is C24H18ClFN2O2S. The molecule has 0 radical (unpaired) electrons. The SMILES string of the molecule is O=C(CN(Cc1ccccc1Cl)C(=O)c1cc2ccccc2s1)Nc1cccc(F)c1. The third kappa shape index (κ3) is 5.10. The first kappa shape index (κ1) is 21.0. The molecule has 1 heterocycles. The van der Waals surface area contributed by atoms with Crippen molar-refractivity contribution < 1.29 is 14.0 Å². The molecule has 0 fully saturated rings. The minimum atomic E-state index is -0.452. The number of anilines is 1. The molecule has 4 aromatic rings. The molecule has 7 heteroatoms. The summed E-state index contributed by atoms with van der Waals surface area (Å²) >= 11 is 7.67. The lowest BCUT2D eigenvalue weighted by molar-refractivity contribution is -0.117. The van der Waals surface area contributed by atoms with Crippen molar-refractivity contribution in [2.24, 2.45) is 0 Å². The normalized spacial score (nSPS) is 10.8. The minimum Gasteiger partial charge on any atom is -0.324 e. The van der Waals surface area contributed by atoms with Crippen LogP contribution in [0.2, 0.25) is 5.02 Å². The lowest BCUT2D eigenvalue weighted by Crippen LogP contribution is -2.37. The van der Waals surface area contributed by atoms with Crippen LogP contribution in [-0.4, -0.2) is 23.3 Å². The van der Waals surface area contributed by atoms with E-state index in [0.29, 0.717) is 15.6 Å². The highest BCUT2D eigenvalue weighted by Gasteiger charge is 2.22. The summed E-state index contributed by atoms with van der Waals surface area (Å²) in [5.74, 6) is -1.14. The van der Waals surface area contributed by atoms with Crippen LogP contribution >= 0.6 is 22.9 Å². The molecule has 0 aliphatic rings. The molecule has 0 atom stereocenters. The number of nitrogens with zero attached hydrogens (tertiary/aromatic N) is 1. The molecule has 2 amide bonds. The van der Waals surface area contributed by atoms with Gasteiger partial charge < -0.3 is 10.2 Å². The van der Waals surface area contributed by atoms with Gasteiger partial charge in [-0.3, -0.25) is 9.59 Å². The van der Waals surface area contributed by atoms with E-state index in [2.05, 4.69) is 5.32 Å². The first-order valence-corrected chi connectivity index (χ1v) is 10.8. The van der Waals surface area contributed by atoms with Gasteiger partial charge in [-0.15, -0.1) is 11.3 Å². The Bertz CT molecular complexity index is 1220. The van der Waals surface area contributed by atoms with Crippen LogP contribution in [0.15, 0.2) is 78.9 Å². The fourth-order valence-electron chi connectivity index (χ4n) is 3.21. The van der Waals surface area contributed by atoms with Crippen molar-refractivity contribution in [2.45, 2.75) is 6.54 Å². The molecule has 0 saturated carbocycles. The number of hydrogen-bond acceptors (Lipinski definition) is 3. The van der Waals surface area contributed by atoms with Crippen molar-refractivity contribution in [1.82, 2.24) is 4.90 Å². The van der Waals surface area contributed by atoms with Gasteiger partial charge in [0.15, 0.2) is 0 Å². The predicted octanol–water partition coefficient (Wildman–Crippen LogP) is 5.97. The maximum atomic E-state index is 13.4. The van der Waals surface area contributed by atoms with E-state index in [1.54, 1.807) is 18.2 Å². The Balaban J connectivity index is 1.59. The number of fused-ring (bicyclic) bond motifs is 1. The van der Waals surface area contributed by atoms with Gasteiger partial charge in [0.1, 0.15) is 12.4 Å². The van der Waals surface area contributed by atoms with Crippen LogP contribution < -0.4 is 5.32 Å². The Kier molecular flexibility index (Phi) is 6.30. The molecule has 0 aliphatic heterocycles. The molecule has 0 unspecified atom stereocenters.